The second-order valence-electron chi connectivity index (χ2n) is 9.33. The summed E-state index contributed by atoms with van der Waals surface area (Å²) in [6, 6.07) is 14.3. The molecule has 0 spiro atoms. The number of rotatable bonds is 8. The van der Waals surface area contributed by atoms with Gasteiger partial charge in [0.1, 0.15) is 11.5 Å². The molecule has 41 heavy (non-hydrogen) atoms. The Morgan fingerprint density at radius 1 is 1.10 bits per heavy atom. The second-order valence-corrected chi connectivity index (χ2v) is 11.2. The van der Waals surface area contributed by atoms with Gasteiger partial charge in [-0.2, -0.15) is 0 Å². The molecule has 0 aliphatic carbocycles. The zero-order chi connectivity index (χ0) is 29.3. The third-order valence-electron chi connectivity index (χ3n) is 6.61. The number of allylic oxidation sites excluding steroid dienone is 1. The van der Waals surface area contributed by atoms with Gasteiger partial charge in [0, 0.05) is 16.1 Å². The summed E-state index contributed by atoms with van der Waals surface area (Å²) < 4.78 is 25.6. The number of benzene rings is 2. The zero-order valence-electron chi connectivity index (χ0n) is 23.3. The average molecular weight is 638 g/mol. The lowest BCUT2D eigenvalue weighted by atomic mass is 9.95. The lowest BCUT2D eigenvalue weighted by Gasteiger charge is -2.25. The Morgan fingerprint density at radius 3 is 2.61 bits per heavy atom. The minimum Gasteiger partial charge on any atom is -0.493 e. The number of esters is 1. The number of ether oxygens (including phenoxy) is 3. The number of thiazole rings is 1. The first-order valence-corrected chi connectivity index (χ1v) is 14.7. The Labute approximate surface area is 249 Å². The lowest BCUT2D eigenvalue weighted by Crippen LogP contribution is -2.39. The number of hydrogen-bond donors (Lipinski definition) is 0. The highest BCUT2D eigenvalue weighted by Crippen LogP contribution is 2.36. The van der Waals surface area contributed by atoms with Crippen molar-refractivity contribution in [3.8, 4) is 22.8 Å². The highest BCUT2D eigenvalue weighted by atomic mass is 79.9. The number of carbonyl (C=O) groups is 1. The van der Waals surface area contributed by atoms with Crippen molar-refractivity contribution in [3.05, 3.63) is 101 Å². The van der Waals surface area contributed by atoms with Crippen LogP contribution in [0.3, 0.4) is 0 Å². The SMILES string of the molecule is CCOC(=O)C1=C(C)N=c2s/c(=C\c3ccc(-c4ccc(C)cc4Br)o3)c(=O)n2C1c1ccc(OC)c(OCC)c1. The van der Waals surface area contributed by atoms with Crippen molar-refractivity contribution in [2.75, 3.05) is 20.3 Å². The molecular weight excluding hydrogens is 608 g/mol. The molecule has 8 nitrogen and oxygen atoms in total. The van der Waals surface area contributed by atoms with Crippen molar-refractivity contribution in [2.45, 2.75) is 33.7 Å². The summed E-state index contributed by atoms with van der Waals surface area (Å²) in [4.78, 5) is 32.2. The molecule has 0 saturated heterocycles. The van der Waals surface area contributed by atoms with Gasteiger partial charge in [0.25, 0.3) is 5.56 Å². The molecular formula is C31H29BrN2O6S. The fourth-order valence-corrected chi connectivity index (χ4v) is 6.48. The van der Waals surface area contributed by atoms with Gasteiger partial charge in [-0.15, -0.1) is 0 Å². The highest BCUT2D eigenvalue weighted by molar-refractivity contribution is 9.10. The van der Waals surface area contributed by atoms with Crippen molar-refractivity contribution < 1.29 is 23.4 Å². The third kappa shape index (κ3) is 5.54. The number of nitrogens with zero attached hydrogens (tertiary/aromatic N) is 2. The van der Waals surface area contributed by atoms with Gasteiger partial charge in [-0.05, 0) is 75.2 Å². The first kappa shape index (κ1) is 28.6. The van der Waals surface area contributed by atoms with Crippen LogP contribution in [0.25, 0.3) is 17.4 Å². The quantitative estimate of drug-likeness (QED) is 0.236. The van der Waals surface area contributed by atoms with Gasteiger partial charge in [-0.25, -0.2) is 9.79 Å². The van der Waals surface area contributed by atoms with Gasteiger partial charge >= 0.3 is 5.97 Å². The summed E-state index contributed by atoms with van der Waals surface area (Å²) in [6.07, 6.45) is 1.70. The fourth-order valence-electron chi connectivity index (χ4n) is 4.76. The Kier molecular flexibility index (Phi) is 8.32. The van der Waals surface area contributed by atoms with E-state index in [0.29, 0.717) is 55.8 Å². The lowest BCUT2D eigenvalue weighted by molar-refractivity contribution is -0.139. The Morgan fingerprint density at radius 2 is 1.90 bits per heavy atom. The van der Waals surface area contributed by atoms with E-state index < -0.39 is 12.0 Å². The summed E-state index contributed by atoms with van der Waals surface area (Å²) in [5.74, 6) is 1.74. The Bertz CT molecular complexity index is 1850. The zero-order valence-corrected chi connectivity index (χ0v) is 25.7. The minimum atomic E-state index is -0.770. The molecule has 212 valence electrons. The van der Waals surface area contributed by atoms with E-state index >= 15 is 0 Å². The van der Waals surface area contributed by atoms with Crippen molar-refractivity contribution in [2.24, 2.45) is 4.99 Å². The fraction of sp³-hybridized carbons (Fsp3) is 0.258. The Balaban J connectivity index is 1.65. The molecule has 0 bridgehead atoms. The maximum Gasteiger partial charge on any atom is 0.338 e. The number of methoxy groups -OCH3 is 1. The Hall–Kier alpha value is -3.89. The first-order chi connectivity index (χ1) is 19.7. The van der Waals surface area contributed by atoms with E-state index in [-0.39, 0.29) is 12.2 Å². The largest absolute Gasteiger partial charge is 0.493 e. The predicted octanol–water partition coefficient (Wildman–Crippen LogP) is 5.54. The van der Waals surface area contributed by atoms with E-state index in [9.17, 15) is 9.59 Å². The smallest absolute Gasteiger partial charge is 0.338 e. The molecule has 3 heterocycles. The number of aromatic nitrogens is 1. The molecule has 10 heteroatoms. The van der Waals surface area contributed by atoms with Crippen molar-refractivity contribution in [3.63, 3.8) is 0 Å². The maximum absolute atomic E-state index is 13.9. The van der Waals surface area contributed by atoms with Crippen molar-refractivity contribution >= 4 is 39.3 Å². The molecule has 4 aromatic rings. The van der Waals surface area contributed by atoms with Gasteiger partial charge in [0.2, 0.25) is 0 Å². The van der Waals surface area contributed by atoms with Crippen LogP contribution >= 0.6 is 27.3 Å². The molecule has 0 N–H and O–H groups in total. The van der Waals surface area contributed by atoms with Crippen LogP contribution in [0.1, 0.15) is 43.7 Å². The van der Waals surface area contributed by atoms with E-state index in [0.717, 1.165) is 15.6 Å². The van der Waals surface area contributed by atoms with E-state index in [4.69, 9.17) is 18.6 Å². The second kappa shape index (κ2) is 11.9. The van der Waals surface area contributed by atoms with E-state index in [2.05, 4.69) is 20.9 Å². The molecule has 1 aliphatic heterocycles. The van der Waals surface area contributed by atoms with Crippen LogP contribution < -0.4 is 24.4 Å². The van der Waals surface area contributed by atoms with Crippen LogP contribution in [0.5, 0.6) is 11.5 Å². The molecule has 0 fully saturated rings. The van der Waals surface area contributed by atoms with Gasteiger partial charge < -0.3 is 18.6 Å². The van der Waals surface area contributed by atoms with Crippen LogP contribution in [0.15, 0.2) is 78.5 Å². The monoisotopic (exact) mass is 636 g/mol. The summed E-state index contributed by atoms with van der Waals surface area (Å²) >= 11 is 4.84. The van der Waals surface area contributed by atoms with Gasteiger partial charge in [0.05, 0.1) is 42.2 Å². The standard InChI is InChI=1S/C31H29BrN2O6S/c1-6-38-25-15-19(9-12-24(25)37-5)28-27(30(36)39-7-2)18(4)33-31-34(28)29(35)26(41-31)16-20-10-13-23(40-20)21-11-8-17(3)14-22(21)32/h8-16,28H,6-7H2,1-5H3/b26-16-. The predicted molar refractivity (Wildman–Crippen MR) is 161 cm³/mol. The molecule has 0 amide bonds. The molecule has 0 radical (unpaired) electrons. The molecule has 1 atom stereocenters. The van der Waals surface area contributed by atoms with Crippen LogP contribution in [0, 0.1) is 6.92 Å². The molecule has 2 aromatic carbocycles. The van der Waals surface area contributed by atoms with Crippen LogP contribution in [0.2, 0.25) is 0 Å². The van der Waals surface area contributed by atoms with Crippen molar-refractivity contribution in [1.82, 2.24) is 4.57 Å². The molecule has 1 aliphatic rings. The molecule has 0 saturated carbocycles. The first-order valence-electron chi connectivity index (χ1n) is 13.1. The maximum atomic E-state index is 13.9. The molecule has 5 rings (SSSR count). The van der Waals surface area contributed by atoms with E-state index in [1.165, 1.54) is 15.9 Å². The number of carbonyl (C=O) groups excluding carboxylic acids is 1. The van der Waals surface area contributed by atoms with Crippen LogP contribution in [-0.4, -0.2) is 30.9 Å². The number of hydrogen-bond acceptors (Lipinski definition) is 8. The summed E-state index contributed by atoms with van der Waals surface area (Å²) in [6.45, 7) is 8.01. The average Bonchev–Trinajstić information content (AvgIpc) is 3.52. The summed E-state index contributed by atoms with van der Waals surface area (Å²) in [5, 5.41) is 0. The van der Waals surface area contributed by atoms with Crippen molar-refractivity contribution in [1.29, 1.82) is 0 Å². The normalized spacial score (nSPS) is 15.0. The number of furan rings is 1. The molecule has 2 aromatic heterocycles. The number of halogens is 1. The van der Waals surface area contributed by atoms with E-state index in [1.807, 2.05) is 50.2 Å². The molecule has 1 unspecified atom stereocenters. The van der Waals surface area contributed by atoms with E-state index in [1.54, 1.807) is 39.2 Å². The van der Waals surface area contributed by atoms with Gasteiger partial charge in [-0.3, -0.25) is 9.36 Å². The minimum absolute atomic E-state index is 0.192. The third-order valence-corrected chi connectivity index (χ3v) is 8.25. The highest BCUT2D eigenvalue weighted by Gasteiger charge is 2.34. The summed E-state index contributed by atoms with van der Waals surface area (Å²) in [7, 11) is 1.56. The van der Waals surface area contributed by atoms with Crippen LogP contribution in [0.4, 0.5) is 0 Å². The topological polar surface area (TPSA) is 92.3 Å². The number of fused-ring (bicyclic) bond motifs is 1. The summed E-state index contributed by atoms with van der Waals surface area (Å²) in [5.41, 5.74) is 3.20. The van der Waals surface area contributed by atoms with Gasteiger partial charge in [-0.1, -0.05) is 39.4 Å². The van der Waals surface area contributed by atoms with Crippen LogP contribution in [-0.2, 0) is 9.53 Å². The van der Waals surface area contributed by atoms with Gasteiger partial charge in [0.15, 0.2) is 16.3 Å². The number of aryl methyl sites for hydroxylation is 1.